The van der Waals surface area contributed by atoms with Crippen LogP contribution >= 0.6 is 0 Å². The molecule has 0 spiro atoms. The van der Waals surface area contributed by atoms with Crippen molar-refractivity contribution in [3.05, 3.63) is 36.0 Å². The van der Waals surface area contributed by atoms with Crippen LogP contribution in [0.15, 0.2) is 30.5 Å². The number of ether oxygens (including phenoxy) is 1. The molecule has 0 bridgehead atoms. The average Bonchev–Trinajstić information content (AvgIpc) is 2.44. The molecule has 0 fully saturated rings. The van der Waals surface area contributed by atoms with Crippen LogP contribution in [0.5, 0.6) is 5.88 Å². The highest BCUT2D eigenvalue weighted by atomic mass is 16.5. The monoisotopic (exact) mass is 288 g/mol. The van der Waals surface area contributed by atoms with Crippen LogP contribution in [0, 0.1) is 11.8 Å². The molecule has 1 aliphatic rings. The zero-order valence-electron chi connectivity index (χ0n) is 13.7. The predicted molar refractivity (Wildman–Crippen MR) is 87.4 cm³/mol. The molecule has 2 unspecified atom stereocenters. The number of allylic oxidation sites excluding steroid dienone is 2. The maximum atomic E-state index is 5.92. The molecule has 1 aromatic rings. The maximum Gasteiger partial charge on any atom is 0.213 e. The number of hydrogen-bond acceptors (Lipinski definition) is 3. The summed E-state index contributed by atoms with van der Waals surface area (Å²) in [6, 6.07) is 4.08. The number of rotatable bonds is 5. The largest absolute Gasteiger partial charge is 0.477 e. The van der Waals surface area contributed by atoms with E-state index in [2.05, 4.69) is 50.1 Å². The lowest BCUT2D eigenvalue weighted by molar-refractivity contribution is 0.192. The normalized spacial score (nSPS) is 22.3. The Bertz CT molecular complexity index is 476. The second kappa shape index (κ2) is 7.08. The van der Waals surface area contributed by atoms with Crippen molar-refractivity contribution in [2.45, 2.75) is 52.6 Å². The molecule has 21 heavy (non-hydrogen) atoms. The van der Waals surface area contributed by atoms with Gasteiger partial charge in [-0.3, -0.25) is 0 Å². The van der Waals surface area contributed by atoms with Crippen molar-refractivity contribution in [2.75, 3.05) is 6.61 Å². The van der Waals surface area contributed by atoms with Crippen molar-refractivity contribution in [3.63, 3.8) is 0 Å². The molecule has 116 valence electrons. The van der Waals surface area contributed by atoms with Crippen LogP contribution in [0.1, 0.15) is 46.1 Å². The smallest absolute Gasteiger partial charge is 0.213 e. The minimum atomic E-state index is 0.119. The fourth-order valence-electron chi connectivity index (χ4n) is 2.44. The van der Waals surface area contributed by atoms with Gasteiger partial charge in [-0.05, 0) is 57.1 Å². The lowest BCUT2D eigenvalue weighted by Gasteiger charge is -2.25. The van der Waals surface area contributed by atoms with Gasteiger partial charge >= 0.3 is 0 Å². The van der Waals surface area contributed by atoms with E-state index < -0.39 is 0 Å². The highest BCUT2D eigenvalue weighted by molar-refractivity contribution is 5.20. The third kappa shape index (κ3) is 5.50. The first-order chi connectivity index (χ1) is 9.94. The van der Waals surface area contributed by atoms with Crippen LogP contribution in [0.25, 0.3) is 0 Å². The molecular weight excluding hydrogens is 260 g/mol. The van der Waals surface area contributed by atoms with Crippen LogP contribution in [-0.2, 0) is 6.54 Å². The van der Waals surface area contributed by atoms with Crippen molar-refractivity contribution in [1.82, 2.24) is 10.3 Å². The maximum absolute atomic E-state index is 5.92. The van der Waals surface area contributed by atoms with Gasteiger partial charge in [-0.1, -0.05) is 19.1 Å². The topological polar surface area (TPSA) is 34.1 Å². The molecule has 0 aromatic carbocycles. The number of aromatic nitrogens is 1. The van der Waals surface area contributed by atoms with Gasteiger partial charge in [-0.25, -0.2) is 4.98 Å². The molecule has 0 radical (unpaired) electrons. The van der Waals surface area contributed by atoms with Crippen molar-refractivity contribution in [1.29, 1.82) is 0 Å². The summed E-state index contributed by atoms with van der Waals surface area (Å²) in [5.74, 6) is 2.04. The standard InChI is InChI=1S/C18H28N2O/c1-14-7-5-6-8-16(14)13-21-17-11-15(9-10-19-17)12-20-18(2,3)4/h5-6,9-11,14,16,20H,7-8,12-13H2,1-4H3. The first-order valence-corrected chi connectivity index (χ1v) is 7.92. The van der Waals surface area contributed by atoms with Gasteiger partial charge < -0.3 is 10.1 Å². The van der Waals surface area contributed by atoms with Crippen molar-refractivity contribution in [2.24, 2.45) is 11.8 Å². The van der Waals surface area contributed by atoms with E-state index in [0.717, 1.165) is 31.9 Å². The van der Waals surface area contributed by atoms with Crippen LogP contribution in [0.2, 0.25) is 0 Å². The Hall–Kier alpha value is -1.35. The molecule has 2 rings (SSSR count). The van der Waals surface area contributed by atoms with Crippen molar-refractivity contribution >= 4 is 0 Å². The molecule has 3 heteroatoms. The Labute approximate surface area is 128 Å². The zero-order valence-corrected chi connectivity index (χ0v) is 13.7. The molecule has 1 aliphatic carbocycles. The third-order valence-electron chi connectivity index (χ3n) is 3.99. The van der Waals surface area contributed by atoms with E-state index >= 15 is 0 Å². The number of pyridine rings is 1. The van der Waals surface area contributed by atoms with Gasteiger partial charge in [0.15, 0.2) is 0 Å². The van der Waals surface area contributed by atoms with Gasteiger partial charge in [0.25, 0.3) is 0 Å². The van der Waals surface area contributed by atoms with Crippen LogP contribution < -0.4 is 10.1 Å². The molecule has 0 saturated heterocycles. The quantitative estimate of drug-likeness (QED) is 0.833. The lowest BCUT2D eigenvalue weighted by atomic mass is 9.85. The van der Waals surface area contributed by atoms with E-state index in [4.69, 9.17) is 4.74 Å². The summed E-state index contributed by atoms with van der Waals surface area (Å²) in [5, 5.41) is 3.49. The molecule has 2 atom stereocenters. The second-order valence-corrected chi connectivity index (χ2v) is 7.10. The van der Waals surface area contributed by atoms with Crippen molar-refractivity contribution < 1.29 is 4.74 Å². The Morgan fingerprint density at radius 1 is 1.29 bits per heavy atom. The van der Waals surface area contributed by atoms with Crippen molar-refractivity contribution in [3.8, 4) is 5.88 Å². The molecule has 1 aromatic heterocycles. The Balaban J connectivity index is 1.87. The molecule has 1 heterocycles. The Kier molecular flexibility index (Phi) is 5.40. The fraction of sp³-hybridized carbons (Fsp3) is 0.611. The van der Waals surface area contributed by atoms with E-state index in [-0.39, 0.29) is 5.54 Å². The molecular formula is C18H28N2O. The summed E-state index contributed by atoms with van der Waals surface area (Å²) in [4.78, 5) is 4.33. The summed E-state index contributed by atoms with van der Waals surface area (Å²) in [5.41, 5.74) is 1.33. The molecule has 0 saturated carbocycles. The minimum absolute atomic E-state index is 0.119. The van der Waals surface area contributed by atoms with Gasteiger partial charge in [-0.2, -0.15) is 0 Å². The van der Waals surface area contributed by atoms with E-state index in [0.29, 0.717) is 11.8 Å². The SMILES string of the molecule is CC1CC=CCC1COc1cc(CNC(C)(C)C)ccn1. The van der Waals surface area contributed by atoms with E-state index in [1.54, 1.807) is 0 Å². The molecule has 0 aliphatic heterocycles. The Morgan fingerprint density at radius 2 is 2.05 bits per heavy atom. The third-order valence-corrected chi connectivity index (χ3v) is 3.99. The van der Waals surface area contributed by atoms with Crippen LogP contribution in [0.3, 0.4) is 0 Å². The Morgan fingerprint density at radius 3 is 2.76 bits per heavy atom. The van der Waals surface area contributed by atoms with E-state index in [1.165, 1.54) is 5.56 Å². The molecule has 3 nitrogen and oxygen atoms in total. The fourth-order valence-corrected chi connectivity index (χ4v) is 2.44. The summed E-state index contributed by atoms with van der Waals surface area (Å²) in [6.45, 7) is 10.4. The summed E-state index contributed by atoms with van der Waals surface area (Å²) < 4.78 is 5.92. The average molecular weight is 288 g/mol. The molecule has 1 N–H and O–H groups in total. The number of nitrogens with one attached hydrogen (secondary N) is 1. The lowest BCUT2D eigenvalue weighted by Crippen LogP contribution is -2.35. The predicted octanol–water partition coefficient (Wildman–Crippen LogP) is 3.95. The highest BCUT2D eigenvalue weighted by Gasteiger charge is 2.19. The second-order valence-electron chi connectivity index (χ2n) is 7.10. The van der Waals surface area contributed by atoms with Gasteiger partial charge in [0.1, 0.15) is 0 Å². The minimum Gasteiger partial charge on any atom is -0.477 e. The molecule has 0 amide bonds. The first kappa shape index (κ1) is 16.0. The van der Waals surface area contributed by atoms with Gasteiger partial charge in [0.05, 0.1) is 6.61 Å². The van der Waals surface area contributed by atoms with Gasteiger partial charge in [0, 0.05) is 24.3 Å². The van der Waals surface area contributed by atoms with Crippen LogP contribution in [-0.4, -0.2) is 17.1 Å². The summed E-state index contributed by atoms with van der Waals surface area (Å²) in [6.07, 6.45) is 8.66. The first-order valence-electron chi connectivity index (χ1n) is 7.92. The summed E-state index contributed by atoms with van der Waals surface area (Å²) in [7, 11) is 0. The number of nitrogens with zero attached hydrogens (tertiary/aromatic N) is 1. The van der Waals surface area contributed by atoms with Gasteiger partial charge in [0.2, 0.25) is 5.88 Å². The summed E-state index contributed by atoms with van der Waals surface area (Å²) >= 11 is 0. The number of hydrogen-bond donors (Lipinski definition) is 1. The van der Waals surface area contributed by atoms with Gasteiger partial charge in [-0.15, -0.1) is 0 Å². The van der Waals surface area contributed by atoms with E-state index in [9.17, 15) is 0 Å². The zero-order chi connectivity index (χ0) is 15.3. The van der Waals surface area contributed by atoms with E-state index in [1.807, 2.05) is 18.3 Å². The highest BCUT2D eigenvalue weighted by Crippen LogP contribution is 2.25. The van der Waals surface area contributed by atoms with Crippen LogP contribution in [0.4, 0.5) is 0 Å².